The molecule has 9 heteroatoms. The number of likely N-dealkylation sites (N-methyl/N-ethyl adjacent to an activating group) is 1. The number of amides is 2. The minimum Gasteiger partial charge on any atom is -0.355 e. The molecule has 0 radical (unpaired) electrons. The van der Waals surface area contributed by atoms with Gasteiger partial charge >= 0.3 is 0 Å². The molecule has 7 nitrogen and oxygen atoms in total. The van der Waals surface area contributed by atoms with Crippen LogP contribution in [0, 0.1) is 0 Å². The molecule has 0 aromatic heterocycles. The highest BCUT2D eigenvalue weighted by Crippen LogP contribution is 2.19. The Kier molecular flexibility index (Phi) is 8.25. The van der Waals surface area contributed by atoms with Crippen LogP contribution < -0.4 is 9.62 Å². The molecule has 30 heavy (non-hydrogen) atoms. The van der Waals surface area contributed by atoms with Crippen molar-refractivity contribution in [2.45, 2.75) is 26.4 Å². The Labute approximate surface area is 182 Å². The summed E-state index contributed by atoms with van der Waals surface area (Å²) in [5.74, 6) is -0.818. The summed E-state index contributed by atoms with van der Waals surface area (Å²) in [5, 5.41) is 3.21. The average Bonchev–Trinajstić information content (AvgIpc) is 2.69. The van der Waals surface area contributed by atoms with Crippen molar-refractivity contribution >= 4 is 39.1 Å². The highest BCUT2D eigenvalue weighted by molar-refractivity contribution is 7.92. The fourth-order valence-corrected chi connectivity index (χ4v) is 4.01. The van der Waals surface area contributed by atoms with E-state index in [1.165, 1.54) is 4.90 Å². The van der Waals surface area contributed by atoms with Crippen LogP contribution in [0.4, 0.5) is 5.69 Å². The van der Waals surface area contributed by atoms with Gasteiger partial charge in [-0.05, 0) is 43.7 Å². The molecule has 0 spiro atoms. The molecule has 1 unspecified atom stereocenters. The summed E-state index contributed by atoms with van der Waals surface area (Å²) in [5.41, 5.74) is 1.11. The fourth-order valence-electron chi connectivity index (χ4n) is 2.94. The predicted molar refractivity (Wildman–Crippen MR) is 119 cm³/mol. The van der Waals surface area contributed by atoms with Gasteiger partial charge in [-0.25, -0.2) is 8.42 Å². The van der Waals surface area contributed by atoms with E-state index in [0.717, 1.165) is 16.1 Å². The maximum atomic E-state index is 13.2. The lowest BCUT2D eigenvalue weighted by Gasteiger charge is -2.31. The lowest BCUT2D eigenvalue weighted by Crippen LogP contribution is -2.51. The first kappa shape index (κ1) is 23.7. The topological polar surface area (TPSA) is 86.8 Å². The molecule has 1 N–H and O–H groups in total. The van der Waals surface area contributed by atoms with E-state index in [1.807, 2.05) is 0 Å². The van der Waals surface area contributed by atoms with Gasteiger partial charge in [0.2, 0.25) is 21.8 Å². The Morgan fingerprint density at radius 3 is 2.33 bits per heavy atom. The van der Waals surface area contributed by atoms with Crippen molar-refractivity contribution in [2.24, 2.45) is 0 Å². The van der Waals surface area contributed by atoms with Gasteiger partial charge in [0, 0.05) is 18.1 Å². The third kappa shape index (κ3) is 6.47. The maximum Gasteiger partial charge on any atom is 0.244 e. The molecule has 2 aromatic carbocycles. The van der Waals surface area contributed by atoms with Gasteiger partial charge in [-0.3, -0.25) is 13.9 Å². The van der Waals surface area contributed by atoms with Crippen molar-refractivity contribution in [3.8, 4) is 0 Å². The smallest absolute Gasteiger partial charge is 0.244 e. The quantitative estimate of drug-likeness (QED) is 0.635. The number of anilines is 1. The summed E-state index contributed by atoms with van der Waals surface area (Å²) in [4.78, 5) is 27.0. The Hall–Kier alpha value is -2.58. The second-order valence-corrected chi connectivity index (χ2v) is 9.17. The lowest BCUT2D eigenvalue weighted by atomic mass is 10.1. The van der Waals surface area contributed by atoms with Crippen LogP contribution in [0.25, 0.3) is 0 Å². The van der Waals surface area contributed by atoms with Crippen LogP contribution in [0.3, 0.4) is 0 Å². The predicted octanol–water partition coefficient (Wildman–Crippen LogP) is 2.66. The van der Waals surface area contributed by atoms with Crippen LogP contribution in [-0.4, -0.2) is 50.5 Å². The van der Waals surface area contributed by atoms with Gasteiger partial charge in [0.1, 0.15) is 12.6 Å². The zero-order valence-electron chi connectivity index (χ0n) is 17.2. The number of nitrogens with one attached hydrogen (secondary N) is 1. The number of benzene rings is 2. The summed E-state index contributed by atoms with van der Waals surface area (Å²) >= 11 is 6.05. The van der Waals surface area contributed by atoms with E-state index < -0.39 is 28.5 Å². The maximum absolute atomic E-state index is 13.2. The number of carbonyl (C=O) groups is 2. The van der Waals surface area contributed by atoms with Crippen LogP contribution in [-0.2, 0) is 26.2 Å². The second kappa shape index (κ2) is 10.4. The molecule has 0 fully saturated rings. The first-order valence-electron chi connectivity index (χ1n) is 9.48. The number of nitrogens with zero attached hydrogens (tertiary/aromatic N) is 2. The van der Waals surface area contributed by atoms with E-state index in [1.54, 1.807) is 68.4 Å². The molecule has 2 aromatic rings. The molecule has 1 atom stereocenters. The fraction of sp³-hybridized carbons (Fsp3) is 0.333. The van der Waals surface area contributed by atoms with Crippen molar-refractivity contribution < 1.29 is 18.0 Å². The molecule has 0 aliphatic heterocycles. The number of carbonyl (C=O) groups excluding carboxylic acids is 2. The Balaban J connectivity index is 2.35. The van der Waals surface area contributed by atoms with Crippen molar-refractivity contribution in [1.29, 1.82) is 0 Å². The van der Waals surface area contributed by atoms with Crippen LogP contribution >= 0.6 is 11.6 Å². The highest BCUT2D eigenvalue weighted by atomic mass is 35.5. The monoisotopic (exact) mass is 451 g/mol. The Morgan fingerprint density at radius 1 is 1.10 bits per heavy atom. The molecule has 0 aliphatic carbocycles. The van der Waals surface area contributed by atoms with Crippen LogP contribution in [0.1, 0.15) is 19.4 Å². The summed E-state index contributed by atoms with van der Waals surface area (Å²) < 4.78 is 25.7. The van der Waals surface area contributed by atoms with E-state index in [0.29, 0.717) is 17.3 Å². The third-order valence-electron chi connectivity index (χ3n) is 4.48. The first-order chi connectivity index (χ1) is 14.1. The van der Waals surface area contributed by atoms with Gasteiger partial charge in [0.05, 0.1) is 11.9 Å². The van der Waals surface area contributed by atoms with Gasteiger partial charge in [-0.2, -0.15) is 0 Å². The zero-order chi connectivity index (χ0) is 22.3. The number of para-hydroxylation sites is 1. The van der Waals surface area contributed by atoms with Crippen LogP contribution in [0.15, 0.2) is 54.6 Å². The van der Waals surface area contributed by atoms with Gasteiger partial charge in [-0.1, -0.05) is 41.9 Å². The van der Waals surface area contributed by atoms with E-state index in [2.05, 4.69) is 5.32 Å². The standard InChI is InChI=1S/C21H26ClN3O4S/c1-4-23-21(27)16(2)24(14-17-9-8-10-18(22)13-17)20(26)15-25(30(3,28)29)19-11-6-5-7-12-19/h5-13,16H,4,14-15H2,1-3H3,(H,23,27). The first-order valence-corrected chi connectivity index (χ1v) is 11.7. The van der Waals surface area contributed by atoms with Gasteiger partial charge in [-0.15, -0.1) is 0 Å². The summed E-state index contributed by atoms with van der Waals surface area (Å²) in [6, 6.07) is 14.5. The van der Waals surface area contributed by atoms with Crippen molar-refractivity contribution in [1.82, 2.24) is 10.2 Å². The second-order valence-electron chi connectivity index (χ2n) is 6.83. The normalized spacial score (nSPS) is 12.1. The van der Waals surface area contributed by atoms with Gasteiger partial charge in [0.15, 0.2) is 0 Å². The largest absolute Gasteiger partial charge is 0.355 e. The molecule has 0 bridgehead atoms. The van der Waals surface area contributed by atoms with Crippen LogP contribution in [0.5, 0.6) is 0 Å². The molecule has 0 saturated heterocycles. The minimum absolute atomic E-state index is 0.115. The molecule has 2 amide bonds. The van der Waals surface area contributed by atoms with Crippen molar-refractivity contribution in [2.75, 3.05) is 23.7 Å². The van der Waals surface area contributed by atoms with Crippen LogP contribution in [0.2, 0.25) is 5.02 Å². The minimum atomic E-state index is -3.72. The molecule has 0 heterocycles. The molecule has 0 saturated carbocycles. The van der Waals surface area contributed by atoms with Gasteiger partial charge < -0.3 is 10.2 Å². The lowest BCUT2D eigenvalue weighted by molar-refractivity contribution is -0.139. The average molecular weight is 452 g/mol. The molecule has 0 aliphatic rings. The van der Waals surface area contributed by atoms with E-state index in [4.69, 9.17) is 11.6 Å². The van der Waals surface area contributed by atoms with Gasteiger partial charge in [0.25, 0.3) is 0 Å². The molecule has 162 valence electrons. The number of rotatable bonds is 9. The number of halogens is 1. The highest BCUT2D eigenvalue weighted by Gasteiger charge is 2.29. The molecular weight excluding hydrogens is 426 g/mol. The van der Waals surface area contributed by atoms with E-state index >= 15 is 0 Å². The third-order valence-corrected chi connectivity index (χ3v) is 5.86. The molecule has 2 rings (SSSR count). The SMILES string of the molecule is CCNC(=O)C(C)N(Cc1cccc(Cl)c1)C(=O)CN(c1ccccc1)S(C)(=O)=O. The van der Waals surface area contributed by atoms with Crippen molar-refractivity contribution in [3.05, 3.63) is 65.2 Å². The zero-order valence-corrected chi connectivity index (χ0v) is 18.8. The number of hydrogen-bond donors (Lipinski definition) is 1. The van der Waals surface area contributed by atoms with E-state index in [9.17, 15) is 18.0 Å². The summed E-state index contributed by atoms with van der Waals surface area (Å²) in [6.07, 6.45) is 1.04. The Bertz CT molecular complexity index is 983. The van der Waals surface area contributed by atoms with Crippen molar-refractivity contribution in [3.63, 3.8) is 0 Å². The number of sulfonamides is 1. The summed E-state index contributed by atoms with van der Waals surface area (Å²) in [7, 11) is -3.72. The Morgan fingerprint density at radius 2 is 1.77 bits per heavy atom. The molecular formula is C21H26ClN3O4S. The van der Waals surface area contributed by atoms with E-state index in [-0.39, 0.29) is 12.5 Å². The summed E-state index contributed by atoms with van der Waals surface area (Å²) in [6.45, 7) is 3.51. The number of hydrogen-bond acceptors (Lipinski definition) is 4.